The van der Waals surface area contributed by atoms with Gasteiger partial charge in [-0.15, -0.1) is 0 Å². The number of aromatic nitrogens is 2. The van der Waals surface area contributed by atoms with Gasteiger partial charge in [-0.05, 0) is 28.3 Å². The molecule has 5 heteroatoms. The van der Waals surface area contributed by atoms with Crippen molar-refractivity contribution in [2.45, 2.75) is 25.7 Å². The molecule has 0 radical (unpaired) electrons. The molecule has 0 atom stereocenters. The summed E-state index contributed by atoms with van der Waals surface area (Å²) in [5, 5.41) is 0. The summed E-state index contributed by atoms with van der Waals surface area (Å²) in [7, 11) is 0. The van der Waals surface area contributed by atoms with Gasteiger partial charge in [-0.25, -0.2) is 0 Å². The van der Waals surface area contributed by atoms with Crippen LogP contribution < -0.4 is 10.5 Å². The summed E-state index contributed by atoms with van der Waals surface area (Å²) in [6.07, 6.45) is 5.14. The molecule has 1 fully saturated rings. The molecule has 1 heterocycles. The third-order valence-electron chi connectivity index (χ3n) is 2.68. The molecule has 0 aromatic carbocycles. The van der Waals surface area contributed by atoms with E-state index in [9.17, 15) is 0 Å². The van der Waals surface area contributed by atoms with E-state index in [1.54, 1.807) is 6.07 Å². The lowest BCUT2D eigenvalue weighted by Crippen LogP contribution is -2.15. The molecular formula is C10H14BrN3O. The highest BCUT2D eigenvalue weighted by Crippen LogP contribution is 2.29. The van der Waals surface area contributed by atoms with E-state index >= 15 is 0 Å². The summed E-state index contributed by atoms with van der Waals surface area (Å²) >= 11 is 3.25. The van der Waals surface area contributed by atoms with Crippen molar-refractivity contribution >= 4 is 21.7 Å². The largest absolute Gasteiger partial charge is 0.463 e. The van der Waals surface area contributed by atoms with Gasteiger partial charge in [-0.2, -0.15) is 9.97 Å². The monoisotopic (exact) mass is 271 g/mol. The third kappa shape index (κ3) is 3.06. The van der Waals surface area contributed by atoms with E-state index in [0.29, 0.717) is 23.0 Å². The molecule has 1 saturated carbocycles. The maximum atomic E-state index is 5.57. The van der Waals surface area contributed by atoms with Crippen LogP contribution in [0.1, 0.15) is 25.7 Å². The molecule has 0 aliphatic heterocycles. The predicted molar refractivity (Wildman–Crippen MR) is 61.6 cm³/mol. The summed E-state index contributed by atoms with van der Waals surface area (Å²) in [4.78, 5) is 8.07. The summed E-state index contributed by atoms with van der Waals surface area (Å²) in [6, 6.07) is 2.01. The summed E-state index contributed by atoms with van der Waals surface area (Å²) in [6.45, 7) is 0.681. The molecule has 4 nitrogen and oxygen atoms in total. The fourth-order valence-electron chi connectivity index (χ4n) is 1.58. The smallest absolute Gasteiger partial charge is 0.319 e. The molecule has 1 aliphatic rings. The van der Waals surface area contributed by atoms with Gasteiger partial charge in [0.1, 0.15) is 10.4 Å². The Hall–Kier alpha value is -0.840. The Balaban J connectivity index is 1.81. The predicted octanol–water partition coefficient (Wildman–Crippen LogP) is 2.39. The van der Waals surface area contributed by atoms with Crippen molar-refractivity contribution in [1.29, 1.82) is 0 Å². The van der Waals surface area contributed by atoms with Gasteiger partial charge in [0.15, 0.2) is 0 Å². The number of rotatable bonds is 4. The second-order valence-electron chi connectivity index (χ2n) is 3.83. The zero-order chi connectivity index (χ0) is 10.7. The van der Waals surface area contributed by atoms with Crippen molar-refractivity contribution in [1.82, 2.24) is 9.97 Å². The lowest BCUT2D eigenvalue weighted by Gasteiger charge is -2.24. The van der Waals surface area contributed by atoms with Crippen molar-refractivity contribution in [3.05, 3.63) is 10.7 Å². The molecule has 2 N–H and O–H groups in total. The lowest BCUT2D eigenvalue weighted by atomic mass is 9.83. The van der Waals surface area contributed by atoms with Crippen LogP contribution in [-0.4, -0.2) is 16.6 Å². The number of nitrogen functional groups attached to an aromatic ring is 1. The number of anilines is 1. The summed E-state index contributed by atoms with van der Waals surface area (Å²) in [5.74, 6) is 1.27. The van der Waals surface area contributed by atoms with E-state index in [2.05, 4.69) is 25.9 Å². The minimum absolute atomic E-state index is 0.362. The first kappa shape index (κ1) is 10.7. The highest BCUT2D eigenvalue weighted by atomic mass is 79.9. The fraction of sp³-hybridized carbons (Fsp3) is 0.600. The van der Waals surface area contributed by atoms with E-state index < -0.39 is 0 Å². The number of nitrogens with zero attached hydrogens (tertiary/aromatic N) is 2. The van der Waals surface area contributed by atoms with Crippen LogP contribution >= 0.6 is 15.9 Å². The maximum absolute atomic E-state index is 5.57. The van der Waals surface area contributed by atoms with Gasteiger partial charge in [-0.3, -0.25) is 0 Å². The molecule has 1 aromatic rings. The normalized spacial score (nSPS) is 16.1. The molecule has 0 saturated heterocycles. The molecule has 0 amide bonds. The van der Waals surface area contributed by atoms with Crippen molar-refractivity contribution in [2.75, 3.05) is 12.3 Å². The molecular weight excluding hydrogens is 258 g/mol. The summed E-state index contributed by atoms with van der Waals surface area (Å²) < 4.78 is 6.10. The Morgan fingerprint density at radius 1 is 1.47 bits per heavy atom. The zero-order valence-electron chi connectivity index (χ0n) is 8.45. The number of ether oxygens (including phenoxy) is 1. The Morgan fingerprint density at radius 3 is 2.87 bits per heavy atom. The van der Waals surface area contributed by atoms with Gasteiger partial charge in [0, 0.05) is 6.07 Å². The molecule has 15 heavy (non-hydrogen) atoms. The van der Waals surface area contributed by atoms with Gasteiger partial charge in [0.05, 0.1) is 6.61 Å². The van der Waals surface area contributed by atoms with Crippen LogP contribution in [0.4, 0.5) is 5.82 Å². The standard InChI is InChI=1S/C10H14BrN3O/c11-8-6-9(12)14-10(13-8)15-5-4-7-2-1-3-7/h6-7H,1-5H2,(H2,12,13,14). The Morgan fingerprint density at radius 2 is 2.27 bits per heavy atom. The molecule has 0 bridgehead atoms. The first-order valence-corrected chi connectivity index (χ1v) is 5.96. The number of hydrogen-bond acceptors (Lipinski definition) is 4. The lowest BCUT2D eigenvalue weighted by molar-refractivity contribution is 0.212. The van der Waals surface area contributed by atoms with Gasteiger partial charge in [0.2, 0.25) is 0 Å². The molecule has 0 spiro atoms. The van der Waals surface area contributed by atoms with Crippen molar-refractivity contribution < 1.29 is 4.74 Å². The first-order chi connectivity index (χ1) is 7.24. The van der Waals surface area contributed by atoms with Crippen molar-refractivity contribution in [3.8, 4) is 6.01 Å². The second-order valence-corrected chi connectivity index (χ2v) is 4.64. The van der Waals surface area contributed by atoms with Crippen LogP contribution in [-0.2, 0) is 0 Å². The number of halogens is 1. The molecule has 1 aromatic heterocycles. The highest BCUT2D eigenvalue weighted by Gasteiger charge is 2.17. The minimum atomic E-state index is 0.362. The number of hydrogen-bond donors (Lipinski definition) is 1. The van der Waals surface area contributed by atoms with E-state index in [0.717, 1.165) is 12.3 Å². The van der Waals surface area contributed by atoms with Crippen molar-refractivity contribution in [2.24, 2.45) is 5.92 Å². The van der Waals surface area contributed by atoms with Gasteiger partial charge in [0.25, 0.3) is 0 Å². The van der Waals surface area contributed by atoms with Crippen LogP contribution in [0, 0.1) is 5.92 Å². The van der Waals surface area contributed by atoms with Crippen LogP contribution in [0.5, 0.6) is 6.01 Å². The zero-order valence-corrected chi connectivity index (χ0v) is 10.0. The first-order valence-electron chi connectivity index (χ1n) is 5.17. The Bertz CT molecular complexity index is 321. The average Bonchev–Trinajstić information content (AvgIpc) is 2.07. The molecule has 2 rings (SSSR count). The van der Waals surface area contributed by atoms with Crippen LogP contribution in [0.2, 0.25) is 0 Å². The Kier molecular flexibility index (Phi) is 3.41. The third-order valence-corrected chi connectivity index (χ3v) is 3.08. The second kappa shape index (κ2) is 4.79. The Labute approximate surface area is 97.4 Å². The topological polar surface area (TPSA) is 61.0 Å². The summed E-state index contributed by atoms with van der Waals surface area (Å²) in [5.41, 5.74) is 5.57. The molecule has 0 unspecified atom stereocenters. The van der Waals surface area contributed by atoms with E-state index in [4.69, 9.17) is 10.5 Å². The molecule has 1 aliphatic carbocycles. The van der Waals surface area contributed by atoms with E-state index in [-0.39, 0.29) is 0 Å². The molecule has 82 valence electrons. The van der Waals surface area contributed by atoms with Crippen LogP contribution in [0.15, 0.2) is 10.7 Å². The quantitative estimate of drug-likeness (QED) is 0.855. The SMILES string of the molecule is Nc1cc(Br)nc(OCCC2CCC2)n1. The van der Waals surface area contributed by atoms with Gasteiger partial charge >= 0.3 is 6.01 Å². The minimum Gasteiger partial charge on any atom is -0.463 e. The van der Waals surface area contributed by atoms with E-state index in [1.165, 1.54) is 19.3 Å². The van der Waals surface area contributed by atoms with Crippen molar-refractivity contribution in [3.63, 3.8) is 0 Å². The van der Waals surface area contributed by atoms with Gasteiger partial charge in [-0.1, -0.05) is 19.3 Å². The van der Waals surface area contributed by atoms with Crippen LogP contribution in [0.25, 0.3) is 0 Å². The van der Waals surface area contributed by atoms with Gasteiger partial charge < -0.3 is 10.5 Å². The highest BCUT2D eigenvalue weighted by molar-refractivity contribution is 9.10. The number of nitrogens with two attached hydrogens (primary N) is 1. The maximum Gasteiger partial charge on any atom is 0.319 e. The van der Waals surface area contributed by atoms with Crippen LogP contribution in [0.3, 0.4) is 0 Å². The fourth-order valence-corrected chi connectivity index (χ4v) is 1.96. The average molecular weight is 272 g/mol. The van der Waals surface area contributed by atoms with E-state index in [1.807, 2.05) is 0 Å².